The number of Topliss-reactive ketones (excluding diaryl/α,β-unsaturated/α-hetero) is 1. The number of hydrogen-bond acceptors (Lipinski definition) is 7. The van der Waals surface area contributed by atoms with E-state index >= 15 is 4.39 Å². The van der Waals surface area contributed by atoms with E-state index in [2.05, 4.69) is 0 Å². The molecule has 0 bridgehead atoms. The number of likely N-dealkylation sites (N-methyl/N-ethyl adjacent to an activating group) is 1. The minimum atomic E-state index is -0.937. The maximum Gasteiger partial charge on any atom is 0.307 e. The quantitative estimate of drug-likeness (QED) is 0.399. The molecule has 2 aromatic carbocycles. The molecule has 2 heterocycles. The van der Waals surface area contributed by atoms with Gasteiger partial charge in [0, 0.05) is 24.7 Å². The molecule has 4 rings (SSSR count). The summed E-state index contributed by atoms with van der Waals surface area (Å²) in [5.74, 6) is -1.06. The summed E-state index contributed by atoms with van der Waals surface area (Å²) in [4.78, 5) is 28.3. The van der Waals surface area contributed by atoms with Crippen molar-refractivity contribution in [2.45, 2.75) is 59.1 Å². The van der Waals surface area contributed by atoms with Crippen LogP contribution in [0.5, 0.6) is 17.2 Å². The summed E-state index contributed by atoms with van der Waals surface area (Å²) in [6, 6.07) is 5.21. The number of carboxylic acids is 1. The number of benzene rings is 2. The molecule has 0 saturated heterocycles. The van der Waals surface area contributed by atoms with E-state index in [9.17, 15) is 14.7 Å². The first kappa shape index (κ1) is 31.0. The Bertz CT molecular complexity index is 1330. The Kier molecular flexibility index (Phi) is 9.24. The Morgan fingerprint density at radius 1 is 1.18 bits per heavy atom. The first-order valence-electron chi connectivity index (χ1n) is 13.1. The highest BCUT2D eigenvalue weighted by Gasteiger charge is 2.35. The van der Waals surface area contributed by atoms with Crippen LogP contribution in [0.2, 0.25) is 0 Å². The predicted octanol–water partition coefficient (Wildman–Crippen LogP) is 5.04. The summed E-state index contributed by atoms with van der Waals surface area (Å²) in [6.45, 7) is 10.6. The average Bonchev–Trinajstić information content (AvgIpc) is 3.15. The summed E-state index contributed by atoms with van der Waals surface area (Å²) >= 11 is 0. The fraction of sp³-hybridized carbons (Fsp3) is 0.483. The zero-order valence-electron chi connectivity index (χ0n) is 23.7. The number of carboxylic acid groups (broad SMARTS) is 1. The van der Waals surface area contributed by atoms with Crippen LogP contribution < -0.4 is 19.1 Å². The van der Waals surface area contributed by atoms with Crippen molar-refractivity contribution in [1.82, 2.24) is 4.90 Å². The summed E-state index contributed by atoms with van der Waals surface area (Å²) in [5.41, 5.74) is 2.24. The number of nitrogens with zero attached hydrogens (tertiary/aromatic N) is 2. The lowest BCUT2D eigenvalue weighted by atomic mass is 9.83. The smallest absolute Gasteiger partial charge is 0.307 e. The van der Waals surface area contributed by atoms with E-state index in [0.29, 0.717) is 35.7 Å². The number of nitrogens with one attached hydrogen (secondary N) is 1. The van der Waals surface area contributed by atoms with E-state index in [0.717, 1.165) is 5.56 Å². The van der Waals surface area contributed by atoms with Crippen LogP contribution in [-0.4, -0.2) is 67.0 Å². The number of rotatable bonds is 9. The highest BCUT2D eigenvalue weighted by Crippen LogP contribution is 2.43. The molecule has 2 aliphatic heterocycles. The second-order valence-corrected chi connectivity index (χ2v) is 10.9. The highest BCUT2D eigenvalue weighted by atomic mass is 35.5. The average molecular weight is 578 g/mol. The number of halogens is 2. The van der Waals surface area contributed by atoms with Crippen molar-refractivity contribution >= 4 is 35.7 Å². The van der Waals surface area contributed by atoms with Crippen molar-refractivity contribution in [3.63, 3.8) is 0 Å². The number of ether oxygens (including phenoxy) is 3. The van der Waals surface area contributed by atoms with Crippen LogP contribution in [-0.2, 0) is 16.8 Å². The lowest BCUT2D eigenvalue weighted by Gasteiger charge is -2.37. The van der Waals surface area contributed by atoms with Gasteiger partial charge in [0.2, 0.25) is 0 Å². The van der Waals surface area contributed by atoms with Crippen LogP contribution in [0.15, 0.2) is 18.2 Å². The molecule has 1 unspecified atom stereocenters. The number of ketones is 1. The van der Waals surface area contributed by atoms with Gasteiger partial charge in [-0.05, 0) is 43.0 Å². The maximum absolute atomic E-state index is 15.4. The van der Waals surface area contributed by atoms with Gasteiger partial charge in [0.15, 0.2) is 23.1 Å². The molecule has 0 fully saturated rings. The molecule has 2 N–H and O–H groups in total. The topological polar surface area (TPSA) is 112 Å². The Balaban J connectivity index is 0.00000441. The van der Waals surface area contributed by atoms with Crippen molar-refractivity contribution in [3.8, 4) is 17.2 Å². The van der Waals surface area contributed by atoms with Gasteiger partial charge < -0.3 is 29.1 Å². The van der Waals surface area contributed by atoms with Crippen LogP contribution in [0, 0.1) is 11.2 Å². The van der Waals surface area contributed by atoms with Gasteiger partial charge in [0.25, 0.3) is 0 Å². The molecule has 0 spiro atoms. The first-order chi connectivity index (χ1) is 18.3. The van der Waals surface area contributed by atoms with Crippen molar-refractivity contribution < 1.29 is 33.3 Å². The number of carbonyl (C=O) groups excluding carboxylic acids is 1. The fourth-order valence-corrected chi connectivity index (χ4v) is 5.07. The number of hydrogen-bond donors (Lipinski definition) is 2. The van der Waals surface area contributed by atoms with E-state index in [-0.39, 0.29) is 67.2 Å². The Labute approximate surface area is 240 Å². The molecular weight excluding hydrogens is 541 g/mol. The molecule has 2 aliphatic rings. The molecule has 218 valence electrons. The van der Waals surface area contributed by atoms with E-state index in [1.165, 1.54) is 0 Å². The number of fused-ring (bicyclic) bond motifs is 2. The molecule has 0 aliphatic carbocycles. The van der Waals surface area contributed by atoms with Gasteiger partial charge >= 0.3 is 5.97 Å². The van der Waals surface area contributed by atoms with Gasteiger partial charge in [0.1, 0.15) is 17.7 Å². The van der Waals surface area contributed by atoms with Gasteiger partial charge in [-0.2, -0.15) is 0 Å². The van der Waals surface area contributed by atoms with Gasteiger partial charge in [0.05, 0.1) is 44.0 Å². The molecule has 0 saturated carbocycles. The lowest BCUT2D eigenvalue weighted by Crippen LogP contribution is -2.40. The zero-order valence-corrected chi connectivity index (χ0v) is 24.5. The van der Waals surface area contributed by atoms with Gasteiger partial charge in [-0.1, -0.05) is 20.8 Å². The lowest BCUT2D eigenvalue weighted by molar-refractivity contribution is -0.138. The normalized spacial score (nSPS) is 16.1. The molecule has 0 aromatic heterocycles. The fourth-order valence-electron chi connectivity index (χ4n) is 5.07. The zero-order chi connectivity index (χ0) is 28.6. The summed E-state index contributed by atoms with van der Waals surface area (Å²) in [6.07, 6.45) is -0.637. The van der Waals surface area contributed by atoms with Crippen molar-refractivity contribution in [3.05, 3.63) is 46.3 Å². The Hall–Kier alpha value is -3.53. The monoisotopic (exact) mass is 577 g/mol. The van der Waals surface area contributed by atoms with Gasteiger partial charge in [-0.25, -0.2) is 4.39 Å². The molecule has 0 radical (unpaired) electrons. The third-order valence-electron chi connectivity index (χ3n) is 6.88. The largest absolute Gasteiger partial charge is 0.490 e. The SMILES string of the molecule is CCOc1cc2c(c(F)c1OCC)C(=N)N(CC(=O)c1cc3c(c(C(C)(C)C)c1)OC(CC(=O)O)CN3C)C2.Cl. The van der Waals surface area contributed by atoms with Crippen LogP contribution in [0.1, 0.15) is 68.1 Å². The molecule has 1 atom stereocenters. The molecule has 2 aromatic rings. The Morgan fingerprint density at radius 2 is 1.85 bits per heavy atom. The van der Waals surface area contributed by atoms with E-state index in [1.54, 1.807) is 36.9 Å². The summed E-state index contributed by atoms with van der Waals surface area (Å²) in [7, 11) is 1.85. The third kappa shape index (κ3) is 5.96. The molecule has 40 heavy (non-hydrogen) atoms. The third-order valence-corrected chi connectivity index (χ3v) is 6.88. The van der Waals surface area contributed by atoms with Gasteiger partial charge in [-0.3, -0.25) is 15.0 Å². The highest BCUT2D eigenvalue weighted by molar-refractivity contribution is 6.06. The Morgan fingerprint density at radius 3 is 2.45 bits per heavy atom. The molecule has 9 nitrogen and oxygen atoms in total. The van der Waals surface area contributed by atoms with Crippen LogP contribution in [0.3, 0.4) is 0 Å². The van der Waals surface area contributed by atoms with E-state index in [1.807, 2.05) is 32.7 Å². The second-order valence-electron chi connectivity index (χ2n) is 10.9. The number of aliphatic carboxylic acids is 1. The molecule has 11 heteroatoms. The van der Waals surface area contributed by atoms with Crippen LogP contribution in [0.25, 0.3) is 0 Å². The summed E-state index contributed by atoms with van der Waals surface area (Å²) < 4.78 is 32.6. The van der Waals surface area contributed by atoms with Gasteiger partial charge in [-0.15, -0.1) is 12.4 Å². The summed E-state index contributed by atoms with van der Waals surface area (Å²) in [5, 5.41) is 17.9. The minimum Gasteiger partial charge on any atom is -0.490 e. The molecular formula is C29H37ClFN3O6. The number of anilines is 1. The van der Waals surface area contributed by atoms with Crippen LogP contribution in [0.4, 0.5) is 10.1 Å². The first-order valence-corrected chi connectivity index (χ1v) is 13.1. The predicted molar refractivity (Wildman–Crippen MR) is 153 cm³/mol. The number of amidine groups is 1. The number of carbonyl (C=O) groups is 2. The standard InChI is InChI=1S/C29H36FN3O6.ClH/c1-7-37-22-11-17-13-33(28(31)24(17)25(30)27(22)38-8-2)15-21(34)16-9-19(29(3,4)5)26-20(10-16)32(6)14-18(39-26)12-23(35)36;/h9-11,18,31H,7-8,12-15H2,1-6H3,(H,35,36);1H. The maximum atomic E-state index is 15.4. The van der Waals surface area contributed by atoms with Crippen molar-refractivity contribution in [2.24, 2.45) is 0 Å². The van der Waals surface area contributed by atoms with E-state index in [4.69, 9.17) is 19.6 Å². The van der Waals surface area contributed by atoms with Crippen LogP contribution >= 0.6 is 12.4 Å². The molecule has 0 amide bonds. The van der Waals surface area contributed by atoms with E-state index < -0.39 is 23.3 Å². The van der Waals surface area contributed by atoms with Crippen molar-refractivity contribution in [2.75, 3.05) is 38.3 Å². The second kappa shape index (κ2) is 11.9. The van der Waals surface area contributed by atoms with Crippen molar-refractivity contribution in [1.29, 1.82) is 5.41 Å². The minimum absolute atomic E-state index is 0.